The van der Waals surface area contributed by atoms with Crippen molar-refractivity contribution in [3.63, 3.8) is 0 Å². The van der Waals surface area contributed by atoms with Crippen LogP contribution in [-0.4, -0.2) is 26.3 Å². The summed E-state index contributed by atoms with van der Waals surface area (Å²) in [5, 5.41) is 4.26. The van der Waals surface area contributed by atoms with E-state index < -0.39 is 0 Å². The standard InChI is InChI=1S/C19H29ClNO/c20-19-11-5-9-17(15-19)7-1-3-13-22-14-4-2-8-18-10-6-12-21-16-18/h5-6,9,11,15,18,21H,1-4,7-8,10,12-14,16H2. The average molecular weight is 323 g/mol. The van der Waals surface area contributed by atoms with E-state index in [4.69, 9.17) is 16.3 Å². The maximum atomic E-state index is 5.98. The number of benzene rings is 1. The second-order valence-corrected chi connectivity index (χ2v) is 6.68. The topological polar surface area (TPSA) is 21.3 Å². The first-order chi connectivity index (χ1) is 10.8. The number of hydrogen-bond donors (Lipinski definition) is 1. The predicted molar refractivity (Wildman–Crippen MR) is 94.3 cm³/mol. The molecular weight excluding hydrogens is 294 g/mol. The van der Waals surface area contributed by atoms with E-state index in [2.05, 4.69) is 23.9 Å². The highest BCUT2D eigenvalue weighted by Gasteiger charge is 2.11. The summed E-state index contributed by atoms with van der Waals surface area (Å²) >= 11 is 5.98. The van der Waals surface area contributed by atoms with Gasteiger partial charge in [0.05, 0.1) is 0 Å². The maximum Gasteiger partial charge on any atom is 0.0466 e. The Kier molecular flexibility index (Phi) is 8.92. The summed E-state index contributed by atoms with van der Waals surface area (Å²) in [7, 11) is 0. The second kappa shape index (κ2) is 11.0. The normalized spacial score (nSPS) is 18.5. The summed E-state index contributed by atoms with van der Waals surface area (Å²) < 4.78 is 5.74. The van der Waals surface area contributed by atoms with Gasteiger partial charge in [-0.2, -0.15) is 0 Å². The number of unbranched alkanes of at least 4 members (excludes halogenated alkanes) is 2. The van der Waals surface area contributed by atoms with E-state index in [1.807, 2.05) is 12.1 Å². The Balaban J connectivity index is 1.38. The largest absolute Gasteiger partial charge is 0.381 e. The molecule has 1 aliphatic heterocycles. The number of piperidine rings is 1. The van der Waals surface area contributed by atoms with Crippen molar-refractivity contribution in [3.05, 3.63) is 41.3 Å². The molecule has 1 aromatic rings. The summed E-state index contributed by atoms with van der Waals surface area (Å²) in [6.07, 6.45) is 10.9. The quantitative estimate of drug-likeness (QED) is 0.632. The van der Waals surface area contributed by atoms with Crippen molar-refractivity contribution in [2.75, 3.05) is 26.3 Å². The highest BCUT2D eigenvalue weighted by atomic mass is 35.5. The zero-order valence-electron chi connectivity index (χ0n) is 13.5. The van der Waals surface area contributed by atoms with Crippen LogP contribution in [0.1, 0.15) is 44.1 Å². The summed E-state index contributed by atoms with van der Waals surface area (Å²) in [5.41, 5.74) is 1.32. The van der Waals surface area contributed by atoms with Crippen molar-refractivity contribution >= 4 is 11.6 Å². The number of halogens is 1. The van der Waals surface area contributed by atoms with Crippen molar-refractivity contribution in [2.24, 2.45) is 5.92 Å². The second-order valence-electron chi connectivity index (χ2n) is 6.24. The van der Waals surface area contributed by atoms with Crippen molar-refractivity contribution in [1.29, 1.82) is 0 Å². The zero-order chi connectivity index (χ0) is 15.5. The Labute approximate surface area is 140 Å². The van der Waals surface area contributed by atoms with E-state index in [1.54, 1.807) is 0 Å². The molecule has 1 heterocycles. The van der Waals surface area contributed by atoms with E-state index in [9.17, 15) is 0 Å². The zero-order valence-corrected chi connectivity index (χ0v) is 14.3. The van der Waals surface area contributed by atoms with Gasteiger partial charge < -0.3 is 10.1 Å². The highest BCUT2D eigenvalue weighted by Crippen LogP contribution is 2.16. The fourth-order valence-corrected chi connectivity index (χ4v) is 3.19. The minimum absolute atomic E-state index is 0.833. The third kappa shape index (κ3) is 7.62. The van der Waals surface area contributed by atoms with Gasteiger partial charge in [-0.15, -0.1) is 0 Å². The molecule has 1 aromatic carbocycles. The molecule has 0 aliphatic carbocycles. The molecule has 0 saturated carbocycles. The van der Waals surface area contributed by atoms with E-state index in [0.717, 1.165) is 43.5 Å². The molecule has 0 amide bonds. The Hall–Kier alpha value is -0.570. The molecule has 1 fully saturated rings. The summed E-state index contributed by atoms with van der Waals surface area (Å²) in [4.78, 5) is 0. The van der Waals surface area contributed by atoms with Crippen LogP contribution in [0, 0.1) is 12.3 Å². The highest BCUT2D eigenvalue weighted by molar-refractivity contribution is 6.30. The van der Waals surface area contributed by atoms with Crippen LogP contribution in [0.15, 0.2) is 24.3 Å². The van der Waals surface area contributed by atoms with Crippen molar-refractivity contribution in [1.82, 2.24) is 5.32 Å². The van der Waals surface area contributed by atoms with Gasteiger partial charge in [0.25, 0.3) is 0 Å². The first-order valence-corrected chi connectivity index (χ1v) is 9.07. The molecule has 0 aromatic heterocycles. The molecule has 123 valence electrons. The smallest absolute Gasteiger partial charge is 0.0466 e. The Morgan fingerprint density at radius 2 is 2.00 bits per heavy atom. The van der Waals surface area contributed by atoms with Gasteiger partial charge >= 0.3 is 0 Å². The number of nitrogens with one attached hydrogen (secondary N) is 1. The number of hydrogen-bond acceptors (Lipinski definition) is 2. The molecule has 1 atom stereocenters. The molecule has 2 nitrogen and oxygen atoms in total. The predicted octanol–water partition coefficient (Wildman–Crippen LogP) is 4.66. The molecular formula is C19H29ClNO. The lowest BCUT2D eigenvalue weighted by Gasteiger charge is -2.22. The monoisotopic (exact) mass is 322 g/mol. The van der Waals surface area contributed by atoms with Crippen molar-refractivity contribution in [2.45, 2.75) is 44.9 Å². The number of aryl methyl sites for hydroxylation is 1. The van der Waals surface area contributed by atoms with Gasteiger partial charge in [-0.3, -0.25) is 0 Å². The fraction of sp³-hybridized carbons (Fsp3) is 0.632. The third-order valence-electron chi connectivity index (χ3n) is 4.27. The molecule has 1 radical (unpaired) electrons. The lowest BCUT2D eigenvalue weighted by Crippen LogP contribution is -2.30. The molecule has 1 saturated heterocycles. The van der Waals surface area contributed by atoms with E-state index in [0.29, 0.717) is 0 Å². The van der Waals surface area contributed by atoms with E-state index >= 15 is 0 Å². The van der Waals surface area contributed by atoms with Crippen molar-refractivity contribution < 1.29 is 4.74 Å². The molecule has 1 N–H and O–H groups in total. The van der Waals surface area contributed by atoms with Gasteiger partial charge in [-0.1, -0.05) is 30.2 Å². The van der Waals surface area contributed by atoms with Crippen LogP contribution in [-0.2, 0) is 11.2 Å². The molecule has 3 heteroatoms. The van der Waals surface area contributed by atoms with Crippen LogP contribution >= 0.6 is 11.6 Å². The van der Waals surface area contributed by atoms with Crippen LogP contribution in [0.3, 0.4) is 0 Å². The molecule has 1 aliphatic rings. The van der Waals surface area contributed by atoms with Crippen LogP contribution in [0.4, 0.5) is 0 Å². The lowest BCUT2D eigenvalue weighted by molar-refractivity contribution is 0.125. The molecule has 1 unspecified atom stereocenters. The first-order valence-electron chi connectivity index (χ1n) is 8.69. The Bertz CT molecular complexity index is 404. The Morgan fingerprint density at radius 3 is 2.77 bits per heavy atom. The van der Waals surface area contributed by atoms with Gasteiger partial charge in [0, 0.05) is 18.2 Å². The number of rotatable bonds is 10. The third-order valence-corrected chi connectivity index (χ3v) is 4.50. The minimum atomic E-state index is 0.833. The van der Waals surface area contributed by atoms with Gasteiger partial charge in [-0.25, -0.2) is 0 Å². The van der Waals surface area contributed by atoms with Gasteiger partial charge in [0.15, 0.2) is 0 Å². The number of ether oxygens (including phenoxy) is 1. The first kappa shape index (κ1) is 17.8. The average Bonchev–Trinajstić information content (AvgIpc) is 2.54. The van der Waals surface area contributed by atoms with E-state index in [1.165, 1.54) is 44.2 Å². The molecule has 0 bridgehead atoms. The molecule has 2 rings (SSSR count). The molecule has 22 heavy (non-hydrogen) atoms. The van der Waals surface area contributed by atoms with Gasteiger partial charge in [0.2, 0.25) is 0 Å². The molecule has 0 spiro atoms. The Morgan fingerprint density at radius 1 is 1.14 bits per heavy atom. The van der Waals surface area contributed by atoms with Crippen LogP contribution in [0.2, 0.25) is 5.02 Å². The van der Waals surface area contributed by atoms with E-state index in [-0.39, 0.29) is 0 Å². The summed E-state index contributed by atoms with van der Waals surface area (Å²) in [5.74, 6) is 0.853. The van der Waals surface area contributed by atoms with Crippen LogP contribution in [0.5, 0.6) is 0 Å². The maximum absolute atomic E-state index is 5.98. The lowest BCUT2D eigenvalue weighted by atomic mass is 9.94. The fourth-order valence-electron chi connectivity index (χ4n) is 2.98. The van der Waals surface area contributed by atoms with Crippen molar-refractivity contribution in [3.8, 4) is 0 Å². The minimum Gasteiger partial charge on any atom is -0.381 e. The van der Waals surface area contributed by atoms with Crippen LogP contribution in [0.25, 0.3) is 0 Å². The summed E-state index contributed by atoms with van der Waals surface area (Å²) in [6.45, 7) is 4.09. The SMILES string of the molecule is Clc1cccc(CCCCOCCCCC2C[CH]CNC2)c1. The summed E-state index contributed by atoms with van der Waals surface area (Å²) in [6, 6.07) is 8.15. The van der Waals surface area contributed by atoms with Gasteiger partial charge in [0.1, 0.15) is 0 Å². The van der Waals surface area contributed by atoms with Gasteiger partial charge in [-0.05, 0) is 81.6 Å². The van der Waals surface area contributed by atoms with Crippen LogP contribution < -0.4 is 5.32 Å².